The van der Waals surface area contributed by atoms with Crippen molar-refractivity contribution in [1.29, 1.82) is 0 Å². The predicted molar refractivity (Wildman–Crippen MR) is 104 cm³/mol. The van der Waals surface area contributed by atoms with Crippen molar-refractivity contribution in [2.45, 2.75) is 82.7 Å². The van der Waals surface area contributed by atoms with Crippen LogP contribution in [0.5, 0.6) is 0 Å². The van der Waals surface area contributed by atoms with Gasteiger partial charge in [0.1, 0.15) is 0 Å². The van der Waals surface area contributed by atoms with Crippen molar-refractivity contribution < 1.29 is 19.7 Å². The molecule has 10 atom stereocenters. The number of methoxy groups -OCH3 is 2. The average molecular weight is 377 g/mol. The number of fused-ring (bicyclic) bond motifs is 5. The molecule has 0 aromatic rings. The highest BCUT2D eigenvalue weighted by Gasteiger charge is 2.69. The van der Waals surface area contributed by atoms with Gasteiger partial charge < -0.3 is 19.7 Å². The van der Waals surface area contributed by atoms with Crippen LogP contribution in [0.3, 0.4) is 0 Å². The maximum atomic E-state index is 11.3. The van der Waals surface area contributed by atoms with Gasteiger partial charge in [0.2, 0.25) is 0 Å². The Morgan fingerprint density at radius 3 is 2.37 bits per heavy atom. The average Bonchev–Trinajstić information content (AvgIpc) is 2.88. The Balaban J connectivity index is 1.69. The minimum atomic E-state index is -0.937. The van der Waals surface area contributed by atoms with Gasteiger partial charge in [-0.3, -0.25) is 0 Å². The van der Waals surface area contributed by atoms with Crippen LogP contribution in [0.25, 0.3) is 0 Å². The lowest BCUT2D eigenvalue weighted by Gasteiger charge is -2.62. The van der Waals surface area contributed by atoms with Crippen molar-refractivity contribution in [3.63, 3.8) is 0 Å². The lowest BCUT2D eigenvalue weighted by molar-refractivity contribution is -0.192. The van der Waals surface area contributed by atoms with Gasteiger partial charge in [-0.1, -0.05) is 19.8 Å². The first-order valence-electron chi connectivity index (χ1n) is 10.7. The molecule has 4 nitrogen and oxygen atoms in total. The maximum absolute atomic E-state index is 11.3. The van der Waals surface area contributed by atoms with Crippen LogP contribution >= 0.6 is 0 Å². The van der Waals surface area contributed by atoms with Gasteiger partial charge in [-0.15, -0.1) is 6.42 Å². The zero-order valence-corrected chi connectivity index (χ0v) is 17.3. The molecule has 0 spiro atoms. The van der Waals surface area contributed by atoms with Gasteiger partial charge >= 0.3 is 0 Å². The summed E-state index contributed by atoms with van der Waals surface area (Å²) in [5.41, 5.74) is -0.974. The van der Waals surface area contributed by atoms with Gasteiger partial charge in [-0.2, -0.15) is 0 Å². The van der Waals surface area contributed by atoms with Gasteiger partial charge in [-0.25, -0.2) is 0 Å². The standard InChI is InChI=1S/C23H36O4/c1-6-23(27-5)19(25)13-17-20-16(8-10-22(17,23)3)21(2)9-7-15(26-4)11-14(21)12-18(20)24/h1,14-20,24-25H,7-13H2,2-5H3/t14-,15-,16?,17?,18-,19-,20?,21-,22-,23-/m0/s1. The first-order chi connectivity index (χ1) is 12.8. The largest absolute Gasteiger partial charge is 0.393 e. The Morgan fingerprint density at radius 2 is 1.74 bits per heavy atom. The third-order valence-electron chi connectivity index (χ3n) is 9.69. The highest BCUT2D eigenvalue weighted by atomic mass is 16.5. The van der Waals surface area contributed by atoms with E-state index in [0.29, 0.717) is 24.4 Å². The van der Waals surface area contributed by atoms with E-state index in [4.69, 9.17) is 15.9 Å². The third-order valence-corrected chi connectivity index (χ3v) is 9.69. The number of hydrogen-bond donors (Lipinski definition) is 2. The van der Waals surface area contributed by atoms with Crippen LogP contribution < -0.4 is 0 Å². The summed E-state index contributed by atoms with van der Waals surface area (Å²) in [5.74, 6) is 4.24. The Bertz CT molecular complexity index is 628. The van der Waals surface area contributed by atoms with Gasteiger partial charge in [0.25, 0.3) is 0 Å². The molecule has 4 aliphatic carbocycles. The maximum Gasteiger partial charge on any atom is 0.159 e. The van der Waals surface area contributed by atoms with Crippen LogP contribution in [0.1, 0.15) is 58.8 Å². The molecular weight excluding hydrogens is 340 g/mol. The molecule has 4 aliphatic rings. The number of aliphatic hydroxyl groups is 2. The number of rotatable bonds is 2. The van der Waals surface area contributed by atoms with Crippen molar-refractivity contribution in [2.24, 2.45) is 34.5 Å². The molecule has 4 saturated carbocycles. The lowest BCUT2D eigenvalue weighted by Crippen LogP contribution is -2.61. The van der Waals surface area contributed by atoms with Crippen LogP contribution in [0.4, 0.5) is 0 Å². The summed E-state index contributed by atoms with van der Waals surface area (Å²) >= 11 is 0. The first kappa shape index (κ1) is 19.7. The molecule has 0 amide bonds. The van der Waals surface area contributed by atoms with E-state index in [9.17, 15) is 10.2 Å². The molecule has 4 rings (SSSR count). The molecule has 0 aliphatic heterocycles. The zero-order valence-electron chi connectivity index (χ0n) is 17.3. The number of terminal acetylenes is 1. The van der Waals surface area contributed by atoms with Crippen molar-refractivity contribution in [2.75, 3.05) is 14.2 Å². The van der Waals surface area contributed by atoms with Crippen molar-refractivity contribution in [3.05, 3.63) is 0 Å². The molecule has 0 aromatic heterocycles. The van der Waals surface area contributed by atoms with Crippen LogP contribution in [0, 0.1) is 46.8 Å². The quantitative estimate of drug-likeness (QED) is 0.728. The second-order valence-electron chi connectivity index (χ2n) is 10.2. The Labute approximate surface area is 164 Å². The SMILES string of the molecule is C#C[C@]1(OC)[C@@H](O)CC2C3C(CC[C@@]21C)[C@@]1(C)CC[C@H](OC)C[C@H]1C[C@@H]3O. The molecule has 3 unspecified atom stereocenters. The molecule has 0 saturated heterocycles. The summed E-state index contributed by atoms with van der Waals surface area (Å²) < 4.78 is 11.5. The summed E-state index contributed by atoms with van der Waals surface area (Å²) in [7, 11) is 3.44. The molecule has 27 heavy (non-hydrogen) atoms. The van der Waals surface area contributed by atoms with E-state index in [1.807, 2.05) is 7.11 Å². The molecule has 0 heterocycles. The van der Waals surface area contributed by atoms with Gasteiger partial charge in [0.15, 0.2) is 5.60 Å². The van der Waals surface area contributed by atoms with Crippen LogP contribution in [0.2, 0.25) is 0 Å². The first-order valence-corrected chi connectivity index (χ1v) is 10.7. The fourth-order valence-electron chi connectivity index (χ4n) is 8.10. The summed E-state index contributed by atoms with van der Waals surface area (Å²) in [6.45, 7) is 4.64. The minimum Gasteiger partial charge on any atom is -0.393 e. The molecule has 0 aromatic carbocycles. The summed E-state index contributed by atoms with van der Waals surface area (Å²) in [6.07, 6.45) is 12.1. The molecule has 0 radical (unpaired) electrons. The van der Waals surface area contributed by atoms with Gasteiger partial charge in [-0.05, 0) is 74.0 Å². The zero-order chi connectivity index (χ0) is 19.6. The molecule has 152 valence electrons. The Morgan fingerprint density at radius 1 is 1.00 bits per heavy atom. The smallest absolute Gasteiger partial charge is 0.159 e. The van der Waals surface area contributed by atoms with Crippen LogP contribution in [-0.2, 0) is 9.47 Å². The highest BCUT2D eigenvalue weighted by Crippen LogP contribution is 2.68. The van der Waals surface area contributed by atoms with E-state index in [1.54, 1.807) is 7.11 Å². The molecule has 4 heteroatoms. The van der Waals surface area contributed by atoms with E-state index in [-0.39, 0.29) is 28.8 Å². The second-order valence-corrected chi connectivity index (χ2v) is 10.2. The molecule has 2 N–H and O–H groups in total. The van der Waals surface area contributed by atoms with E-state index in [2.05, 4.69) is 19.8 Å². The molecule has 0 bridgehead atoms. The number of ether oxygens (including phenoxy) is 2. The second kappa shape index (κ2) is 6.46. The van der Waals surface area contributed by atoms with E-state index in [0.717, 1.165) is 32.1 Å². The monoisotopic (exact) mass is 376 g/mol. The topological polar surface area (TPSA) is 58.9 Å². The van der Waals surface area contributed by atoms with Gasteiger partial charge in [0.05, 0.1) is 18.3 Å². The number of hydrogen-bond acceptors (Lipinski definition) is 4. The van der Waals surface area contributed by atoms with Crippen molar-refractivity contribution >= 4 is 0 Å². The highest BCUT2D eigenvalue weighted by molar-refractivity contribution is 5.28. The number of aliphatic hydroxyl groups excluding tert-OH is 2. The Hall–Kier alpha value is -0.600. The van der Waals surface area contributed by atoms with E-state index in [1.165, 1.54) is 6.42 Å². The summed E-state index contributed by atoms with van der Waals surface area (Å²) in [6, 6.07) is 0. The predicted octanol–water partition coefficient (Wildman–Crippen LogP) is 3.00. The van der Waals surface area contributed by atoms with Crippen molar-refractivity contribution in [1.82, 2.24) is 0 Å². The summed E-state index contributed by atoms with van der Waals surface area (Å²) in [4.78, 5) is 0. The van der Waals surface area contributed by atoms with Gasteiger partial charge in [0, 0.05) is 19.6 Å². The summed E-state index contributed by atoms with van der Waals surface area (Å²) in [5, 5.41) is 22.2. The van der Waals surface area contributed by atoms with E-state index >= 15 is 0 Å². The Kier molecular flexibility index (Phi) is 4.71. The van der Waals surface area contributed by atoms with Crippen molar-refractivity contribution in [3.8, 4) is 12.3 Å². The third kappa shape index (κ3) is 2.38. The minimum absolute atomic E-state index is 0.198. The fourth-order valence-corrected chi connectivity index (χ4v) is 8.10. The van der Waals surface area contributed by atoms with E-state index < -0.39 is 11.7 Å². The lowest BCUT2D eigenvalue weighted by atomic mass is 9.43. The molecular formula is C23H36O4. The fraction of sp³-hybridized carbons (Fsp3) is 0.913. The van der Waals surface area contributed by atoms with Crippen LogP contribution in [-0.4, -0.2) is 48.3 Å². The molecule has 4 fully saturated rings. The van der Waals surface area contributed by atoms with Crippen LogP contribution in [0.15, 0.2) is 0 Å². The normalized spacial score (nSPS) is 57.3.